The Morgan fingerprint density at radius 1 is 1.30 bits per heavy atom. The van der Waals surface area contributed by atoms with Crippen LogP contribution in [0.5, 0.6) is 0 Å². The van der Waals surface area contributed by atoms with Gasteiger partial charge in [-0.05, 0) is 38.2 Å². The highest BCUT2D eigenvalue weighted by Crippen LogP contribution is 2.44. The Hall–Kier alpha value is -1.35. The smallest absolute Gasteiger partial charge is 0.230 e. The molecule has 2 fully saturated rings. The van der Waals surface area contributed by atoms with Gasteiger partial charge < -0.3 is 10.6 Å². The van der Waals surface area contributed by atoms with E-state index in [0.717, 1.165) is 38.6 Å². The molecule has 1 aromatic carbocycles. The van der Waals surface area contributed by atoms with Gasteiger partial charge in [0.2, 0.25) is 5.91 Å². The molecule has 0 atom stereocenters. The van der Waals surface area contributed by atoms with Gasteiger partial charge in [0.05, 0.1) is 5.41 Å². The molecule has 20 heavy (non-hydrogen) atoms. The highest BCUT2D eigenvalue weighted by Gasteiger charge is 2.47. The molecule has 1 amide bonds. The molecule has 3 heteroatoms. The van der Waals surface area contributed by atoms with Gasteiger partial charge in [-0.3, -0.25) is 4.79 Å². The standard InChI is InChI=1S/C17H24N2O/c1-13-3-5-14(6-4-13)11-19(15-7-8-15)16(20)17(12-18)9-2-10-17/h3-6,15H,2,7-12,18H2,1H3. The van der Waals surface area contributed by atoms with Gasteiger partial charge in [-0.25, -0.2) is 0 Å². The van der Waals surface area contributed by atoms with Gasteiger partial charge in [-0.2, -0.15) is 0 Å². The van der Waals surface area contributed by atoms with Gasteiger partial charge in [0.15, 0.2) is 0 Å². The van der Waals surface area contributed by atoms with Crippen molar-refractivity contribution in [3.8, 4) is 0 Å². The van der Waals surface area contributed by atoms with Crippen LogP contribution in [0.4, 0.5) is 0 Å². The molecule has 0 radical (unpaired) electrons. The fraction of sp³-hybridized carbons (Fsp3) is 0.588. The monoisotopic (exact) mass is 272 g/mol. The molecule has 3 rings (SSSR count). The summed E-state index contributed by atoms with van der Waals surface area (Å²) >= 11 is 0. The lowest BCUT2D eigenvalue weighted by Gasteiger charge is -2.43. The third-order valence-electron chi connectivity index (χ3n) is 4.88. The van der Waals surface area contributed by atoms with Crippen molar-refractivity contribution in [1.29, 1.82) is 0 Å². The summed E-state index contributed by atoms with van der Waals surface area (Å²) in [5, 5.41) is 0. The van der Waals surface area contributed by atoms with E-state index < -0.39 is 0 Å². The Morgan fingerprint density at radius 3 is 2.40 bits per heavy atom. The number of rotatable bonds is 5. The van der Waals surface area contributed by atoms with E-state index in [4.69, 9.17) is 5.73 Å². The van der Waals surface area contributed by atoms with Crippen LogP contribution in [-0.4, -0.2) is 23.4 Å². The van der Waals surface area contributed by atoms with Crippen LogP contribution in [-0.2, 0) is 11.3 Å². The molecule has 0 spiro atoms. The number of nitrogens with two attached hydrogens (primary N) is 1. The lowest BCUT2D eigenvalue weighted by Crippen LogP contribution is -2.52. The Bertz CT molecular complexity index is 481. The zero-order valence-corrected chi connectivity index (χ0v) is 12.3. The summed E-state index contributed by atoms with van der Waals surface area (Å²) in [6.45, 7) is 3.33. The first-order chi connectivity index (χ1) is 9.64. The fourth-order valence-corrected chi connectivity index (χ4v) is 3.06. The topological polar surface area (TPSA) is 46.3 Å². The molecule has 0 heterocycles. The second-order valence-electron chi connectivity index (χ2n) is 6.49. The van der Waals surface area contributed by atoms with E-state index in [0.29, 0.717) is 18.5 Å². The number of benzene rings is 1. The molecule has 3 nitrogen and oxygen atoms in total. The van der Waals surface area contributed by atoms with Crippen LogP contribution in [0, 0.1) is 12.3 Å². The van der Waals surface area contributed by atoms with Crippen LogP contribution in [0.25, 0.3) is 0 Å². The van der Waals surface area contributed by atoms with Crippen molar-refractivity contribution in [1.82, 2.24) is 4.90 Å². The van der Waals surface area contributed by atoms with Crippen molar-refractivity contribution < 1.29 is 4.79 Å². The summed E-state index contributed by atoms with van der Waals surface area (Å²) in [7, 11) is 0. The molecule has 2 saturated carbocycles. The maximum atomic E-state index is 12.9. The number of nitrogens with zero attached hydrogens (tertiary/aromatic N) is 1. The lowest BCUT2D eigenvalue weighted by atomic mass is 9.67. The van der Waals surface area contributed by atoms with Crippen molar-refractivity contribution in [3.05, 3.63) is 35.4 Å². The second kappa shape index (κ2) is 5.21. The molecule has 0 aromatic heterocycles. The Morgan fingerprint density at radius 2 is 1.95 bits per heavy atom. The number of aryl methyl sites for hydroxylation is 1. The normalized spacial score (nSPS) is 20.3. The van der Waals surface area contributed by atoms with Crippen molar-refractivity contribution in [2.75, 3.05) is 6.54 Å². The summed E-state index contributed by atoms with van der Waals surface area (Å²) in [4.78, 5) is 15.0. The van der Waals surface area contributed by atoms with E-state index in [9.17, 15) is 4.79 Å². The Balaban J connectivity index is 1.75. The van der Waals surface area contributed by atoms with Gasteiger partial charge in [0.1, 0.15) is 0 Å². The molecule has 0 unspecified atom stereocenters. The van der Waals surface area contributed by atoms with Gasteiger partial charge >= 0.3 is 0 Å². The number of carbonyl (C=O) groups excluding carboxylic acids is 1. The second-order valence-corrected chi connectivity index (χ2v) is 6.49. The first kappa shape index (κ1) is 13.6. The number of carbonyl (C=O) groups is 1. The average molecular weight is 272 g/mol. The molecule has 2 N–H and O–H groups in total. The van der Waals surface area contributed by atoms with E-state index in [1.54, 1.807) is 0 Å². The third-order valence-corrected chi connectivity index (χ3v) is 4.88. The highest BCUT2D eigenvalue weighted by molar-refractivity contribution is 5.84. The van der Waals surface area contributed by atoms with Crippen molar-refractivity contribution in [2.45, 2.75) is 51.6 Å². The molecular formula is C17H24N2O. The summed E-state index contributed by atoms with van der Waals surface area (Å²) in [5.74, 6) is 0.300. The summed E-state index contributed by atoms with van der Waals surface area (Å²) < 4.78 is 0. The highest BCUT2D eigenvalue weighted by atomic mass is 16.2. The van der Waals surface area contributed by atoms with Gasteiger partial charge in [0.25, 0.3) is 0 Å². The van der Waals surface area contributed by atoms with Crippen LogP contribution in [0.15, 0.2) is 24.3 Å². The van der Waals surface area contributed by atoms with E-state index in [1.807, 2.05) is 0 Å². The zero-order valence-electron chi connectivity index (χ0n) is 12.3. The number of hydrogen-bond donors (Lipinski definition) is 1. The molecular weight excluding hydrogens is 248 g/mol. The first-order valence-electron chi connectivity index (χ1n) is 7.71. The molecule has 108 valence electrons. The number of hydrogen-bond acceptors (Lipinski definition) is 2. The predicted molar refractivity (Wildman–Crippen MR) is 80.1 cm³/mol. The van der Waals surface area contributed by atoms with E-state index in [2.05, 4.69) is 36.1 Å². The first-order valence-corrected chi connectivity index (χ1v) is 7.71. The summed E-state index contributed by atoms with van der Waals surface area (Å²) in [5.41, 5.74) is 8.14. The van der Waals surface area contributed by atoms with Crippen molar-refractivity contribution in [3.63, 3.8) is 0 Å². The summed E-state index contributed by atoms with van der Waals surface area (Å²) in [6, 6.07) is 8.95. The molecule has 0 saturated heterocycles. The third kappa shape index (κ3) is 2.47. The molecule has 2 aliphatic carbocycles. The van der Waals surface area contributed by atoms with Crippen LogP contribution in [0.1, 0.15) is 43.2 Å². The molecule has 2 aliphatic rings. The minimum absolute atomic E-state index is 0.243. The van der Waals surface area contributed by atoms with Crippen molar-refractivity contribution in [2.24, 2.45) is 11.1 Å². The minimum atomic E-state index is -0.243. The van der Waals surface area contributed by atoms with Crippen molar-refractivity contribution >= 4 is 5.91 Å². The Labute approximate surface area is 121 Å². The van der Waals surface area contributed by atoms with Crippen LogP contribution < -0.4 is 5.73 Å². The van der Waals surface area contributed by atoms with E-state index in [-0.39, 0.29) is 5.41 Å². The van der Waals surface area contributed by atoms with Crippen LogP contribution in [0.2, 0.25) is 0 Å². The van der Waals surface area contributed by atoms with Gasteiger partial charge in [0, 0.05) is 19.1 Å². The van der Waals surface area contributed by atoms with Gasteiger partial charge in [-0.1, -0.05) is 36.2 Å². The van der Waals surface area contributed by atoms with E-state index in [1.165, 1.54) is 11.1 Å². The SMILES string of the molecule is Cc1ccc(CN(C(=O)C2(CN)CCC2)C2CC2)cc1. The summed E-state index contributed by atoms with van der Waals surface area (Å²) in [6.07, 6.45) is 5.39. The fourth-order valence-electron chi connectivity index (χ4n) is 3.06. The predicted octanol–water partition coefficient (Wildman–Crippen LogP) is 2.62. The maximum Gasteiger partial charge on any atom is 0.230 e. The molecule has 0 bridgehead atoms. The largest absolute Gasteiger partial charge is 0.335 e. The minimum Gasteiger partial charge on any atom is -0.335 e. The average Bonchev–Trinajstić information content (AvgIpc) is 3.21. The molecule has 1 aromatic rings. The quantitative estimate of drug-likeness (QED) is 0.895. The maximum absolute atomic E-state index is 12.9. The van der Waals surface area contributed by atoms with Gasteiger partial charge in [-0.15, -0.1) is 0 Å². The van der Waals surface area contributed by atoms with Crippen LogP contribution in [0.3, 0.4) is 0 Å². The lowest BCUT2D eigenvalue weighted by molar-refractivity contribution is -0.148. The van der Waals surface area contributed by atoms with Crippen LogP contribution >= 0.6 is 0 Å². The molecule has 0 aliphatic heterocycles. The van der Waals surface area contributed by atoms with E-state index >= 15 is 0 Å². The Kier molecular flexibility index (Phi) is 3.55. The zero-order chi connectivity index (χ0) is 14.2. The number of amides is 1.